The highest BCUT2D eigenvalue weighted by Crippen LogP contribution is 2.36. The van der Waals surface area contributed by atoms with E-state index >= 15 is 0 Å². The Balaban J connectivity index is 1.13. The van der Waals surface area contributed by atoms with Crippen LogP contribution in [-0.2, 0) is 59.4 Å². The number of nitrogens with zero attached hydrogens (tertiary/aromatic N) is 6. The summed E-state index contributed by atoms with van der Waals surface area (Å²) in [6.45, 7) is 3.38. The van der Waals surface area contributed by atoms with E-state index < -0.39 is 49.0 Å². The van der Waals surface area contributed by atoms with E-state index in [4.69, 9.17) is 4.74 Å². The van der Waals surface area contributed by atoms with Gasteiger partial charge >= 0.3 is 12.4 Å². The standard InChI is InChI=1S/C35H36F6N6O4/c1-3-28-27(32(35(39,40)41)43-47(28)25-12-8-22(9-13-25)17-44-15-4-5-30(44)49)20-51-29-14-16-45(33(29)50)18-23-6-10-24(11-7-23)46-21(2)26(19-48)31(42-46)34(36,37)38/h6-13,29,48H,3-5,14-20H2,1-2H3. The van der Waals surface area contributed by atoms with Crippen molar-refractivity contribution in [2.24, 2.45) is 0 Å². The fraction of sp³-hybridized carbons (Fsp3) is 0.429. The third-order valence-electron chi connectivity index (χ3n) is 9.32. The zero-order valence-corrected chi connectivity index (χ0v) is 27.9. The Morgan fingerprint density at radius 3 is 1.86 bits per heavy atom. The highest BCUT2D eigenvalue weighted by molar-refractivity contribution is 5.83. The quantitative estimate of drug-likeness (QED) is 0.194. The molecule has 2 saturated heterocycles. The van der Waals surface area contributed by atoms with Crippen LogP contribution in [0.25, 0.3) is 11.4 Å². The fourth-order valence-corrected chi connectivity index (χ4v) is 6.65. The molecule has 4 aromatic rings. The second-order valence-corrected chi connectivity index (χ2v) is 12.6. The number of amides is 2. The molecule has 2 aromatic carbocycles. The third kappa shape index (κ3) is 7.38. The van der Waals surface area contributed by atoms with Gasteiger partial charge in [-0.05, 0) is 55.2 Å². The number of carbonyl (C=O) groups excluding carboxylic acids is 2. The Labute approximate surface area is 289 Å². The topological polar surface area (TPSA) is 106 Å². The van der Waals surface area contributed by atoms with Crippen molar-refractivity contribution in [3.63, 3.8) is 0 Å². The molecule has 4 heterocycles. The molecule has 1 atom stereocenters. The van der Waals surface area contributed by atoms with Crippen LogP contribution in [0.3, 0.4) is 0 Å². The molecule has 10 nitrogen and oxygen atoms in total. The first-order valence-electron chi connectivity index (χ1n) is 16.5. The minimum atomic E-state index is -4.77. The maximum Gasteiger partial charge on any atom is 0.435 e. The van der Waals surface area contributed by atoms with Crippen LogP contribution in [0.5, 0.6) is 0 Å². The van der Waals surface area contributed by atoms with E-state index in [-0.39, 0.29) is 42.1 Å². The molecule has 2 aliphatic heterocycles. The molecule has 0 aliphatic carbocycles. The van der Waals surface area contributed by atoms with Crippen LogP contribution in [0.15, 0.2) is 48.5 Å². The lowest BCUT2D eigenvalue weighted by molar-refractivity contribution is -0.144. The van der Waals surface area contributed by atoms with E-state index in [1.165, 1.54) is 16.5 Å². The third-order valence-corrected chi connectivity index (χ3v) is 9.32. The number of hydrogen-bond acceptors (Lipinski definition) is 6. The van der Waals surface area contributed by atoms with Gasteiger partial charge in [-0.25, -0.2) is 9.36 Å². The maximum atomic E-state index is 14.2. The summed E-state index contributed by atoms with van der Waals surface area (Å²) in [4.78, 5) is 28.5. The van der Waals surface area contributed by atoms with Gasteiger partial charge in [0.2, 0.25) is 5.91 Å². The lowest BCUT2D eigenvalue weighted by Crippen LogP contribution is -2.30. The van der Waals surface area contributed by atoms with Crippen molar-refractivity contribution in [3.8, 4) is 11.4 Å². The second-order valence-electron chi connectivity index (χ2n) is 12.6. The van der Waals surface area contributed by atoms with Gasteiger partial charge in [-0.2, -0.15) is 36.5 Å². The van der Waals surface area contributed by atoms with Crippen LogP contribution < -0.4 is 0 Å². The van der Waals surface area contributed by atoms with Crippen molar-refractivity contribution >= 4 is 11.8 Å². The number of carbonyl (C=O) groups is 2. The van der Waals surface area contributed by atoms with Crippen molar-refractivity contribution < 1.29 is 45.8 Å². The van der Waals surface area contributed by atoms with Crippen LogP contribution in [0.2, 0.25) is 0 Å². The van der Waals surface area contributed by atoms with Gasteiger partial charge in [0.05, 0.1) is 30.3 Å². The first kappa shape index (κ1) is 36.1. The van der Waals surface area contributed by atoms with Crippen LogP contribution in [0.4, 0.5) is 26.3 Å². The van der Waals surface area contributed by atoms with Crippen molar-refractivity contribution in [3.05, 3.63) is 93.6 Å². The Hall–Kier alpha value is -4.70. The molecule has 2 aromatic heterocycles. The van der Waals surface area contributed by atoms with Crippen LogP contribution in [-0.4, -0.2) is 65.5 Å². The monoisotopic (exact) mass is 718 g/mol. The Kier molecular flexibility index (Phi) is 10.0. The molecule has 1 N–H and O–H groups in total. The van der Waals surface area contributed by atoms with Crippen LogP contribution in [0.1, 0.15) is 71.2 Å². The fourth-order valence-electron chi connectivity index (χ4n) is 6.65. The molecule has 0 radical (unpaired) electrons. The molecule has 0 spiro atoms. The Bertz CT molecular complexity index is 1900. The predicted molar refractivity (Wildman–Crippen MR) is 170 cm³/mol. The van der Waals surface area contributed by atoms with Gasteiger partial charge in [0.25, 0.3) is 5.91 Å². The highest BCUT2D eigenvalue weighted by atomic mass is 19.4. The van der Waals surface area contributed by atoms with Crippen molar-refractivity contribution in [2.45, 2.75) is 84.3 Å². The number of ether oxygens (including phenoxy) is 1. The van der Waals surface area contributed by atoms with E-state index in [0.29, 0.717) is 48.7 Å². The van der Waals surface area contributed by atoms with Gasteiger partial charge in [0.1, 0.15) is 6.10 Å². The molecule has 51 heavy (non-hydrogen) atoms. The molecule has 6 rings (SSSR count). The average molecular weight is 719 g/mol. The number of rotatable bonds is 11. The predicted octanol–water partition coefficient (Wildman–Crippen LogP) is 5.90. The summed E-state index contributed by atoms with van der Waals surface area (Å²) in [5.74, 6) is -0.319. The number of alkyl halides is 6. The normalized spacial score (nSPS) is 17.0. The van der Waals surface area contributed by atoms with E-state index in [1.54, 1.807) is 60.4 Å². The number of likely N-dealkylation sites (tertiary alicyclic amines) is 2. The van der Waals surface area contributed by atoms with Crippen LogP contribution >= 0.6 is 0 Å². The number of aliphatic hydroxyl groups excluding tert-OH is 1. The summed E-state index contributed by atoms with van der Waals surface area (Å²) in [7, 11) is 0. The van der Waals surface area contributed by atoms with Gasteiger partial charge in [0.15, 0.2) is 11.4 Å². The molecule has 2 aliphatic rings. The first-order chi connectivity index (χ1) is 24.2. The summed E-state index contributed by atoms with van der Waals surface area (Å²) in [5, 5.41) is 17.1. The number of halogens is 6. The minimum absolute atomic E-state index is 0.0741. The van der Waals surface area contributed by atoms with Gasteiger partial charge in [-0.1, -0.05) is 31.2 Å². The number of benzene rings is 2. The van der Waals surface area contributed by atoms with Gasteiger partial charge in [-0.3, -0.25) is 9.59 Å². The zero-order valence-electron chi connectivity index (χ0n) is 27.9. The summed E-state index contributed by atoms with van der Waals surface area (Å²) in [6, 6.07) is 13.2. The molecule has 2 amide bonds. The second kappa shape index (κ2) is 14.1. The Morgan fingerprint density at radius 2 is 1.35 bits per heavy atom. The van der Waals surface area contributed by atoms with Crippen LogP contribution in [0, 0.1) is 6.92 Å². The summed E-state index contributed by atoms with van der Waals surface area (Å²) in [5.41, 5.74) is -0.00376. The molecule has 272 valence electrons. The summed E-state index contributed by atoms with van der Waals surface area (Å²) in [6.07, 6.45) is -8.71. The molecule has 0 saturated carbocycles. The lowest BCUT2D eigenvalue weighted by atomic mass is 10.1. The van der Waals surface area contributed by atoms with Gasteiger partial charge in [-0.15, -0.1) is 0 Å². The molecule has 0 bridgehead atoms. The smallest absolute Gasteiger partial charge is 0.392 e. The lowest BCUT2D eigenvalue weighted by Gasteiger charge is -2.18. The average Bonchev–Trinajstić information content (AvgIpc) is 3.85. The molecular weight excluding hydrogens is 682 g/mol. The minimum Gasteiger partial charge on any atom is -0.392 e. The molecular formula is C35H36F6N6O4. The molecule has 2 fully saturated rings. The van der Waals surface area contributed by atoms with Gasteiger partial charge < -0.3 is 19.6 Å². The zero-order chi connectivity index (χ0) is 36.7. The first-order valence-corrected chi connectivity index (χ1v) is 16.5. The number of aliphatic hydroxyl groups is 1. The molecule has 16 heteroatoms. The Morgan fingerprint density at radius 1 is 0.804 bits per heavy atom. The van der Waals surface area contributed by atoms with Gasteiger partial charge in [0, 0.05) is 55.8 Å². The van der Waals surface area contributed by atoms with Crippen molar-refractivity contribution in [1.82, 2.24) is 29.4 Å². The van der Waals surface area contributed by atoms with E-state index in [9.17, 15) is 41.0 Å². The van der Waals surface area contributed by atoms with E-state index in [1.807, 2.05) is 0 Å². The number of hydrogen-bond donors (Lipinski definition) is 1. The maximum absolute atomic E-state index is 14.2. The largest absolute Gasteiger partial charge is 0.435 e. The van der Waals surface area contributed by atoms with E-state index in [2.05, 4.69) is 10.2 Å². The highest BCUT2D eigenvalue weighted by Gasteiger charge is 2.41. The van der Waals surface area contributed by atoms with E-state index in [0.717, 1.165) is 16.7 Å². The van der Waals surface area contributed by atoms with Crippen molar-refractivity contribution in [2.75, 3.05) is 13.1 Å². The van der Waals surface area contributed by atoms with Crippen molar-refractivity contribution in [1.29, 1.82) is 0 Å². The molecule has 1 unspecified atom stereocenters. The SMILES string of the molecule is CCc1c(COC2CCN(Cc3ccc(-n4nc(C(F)(F)F)c(CO)c4C)cc3)C2=O)c(C(F)(F)F)nn1-c1ccc(CN2CCCC2=O)cc1. The number of aromatic nitrogens is 4. The summed E-state index contributed by atoms with van der Waals surface area (Å²) < 4.78 is 91.1. The summed E-state index contributed by atoms with van der Waals surface area (Å²) >= 11 is 0.